The van der Waals surface area contributed by atoms with Crippen molar-refractivity contribution in [1.82, 2.24) is 19.5 Å². The molecule has 0 spiro atoms. The molecule has 0 radical (unpaired) electrons. The Bertz CT molecular complexity index is 1020. The van der Waals surface area contributed by atoms with Gasteiger partial charge in [0.1, 0.15) is 0 Å². The number of nitrogens with zero attached hydrogens (tertiary/aromatic N) is 3. The topological polar surface area (TPSA) is 124 Å². The number of hydrogen-bond acceptors (Lipinski definition) is 7. The maximum absolute atomic E-state index is 12.8. The van der Waals surface area contributed by atoms with Gasteiger partial charge < -0.3 is 14.8 Å². The Morgan fingerprint density at radius 1 is 1.27 bits per heavy atom. The number of aryl methyl sites for hydroxylation is 1. The number of rotatable bonds is 6. The van der Waals surface area contributed by atoms with Gasteiger partial charge >= 0.3 is 6.03 Å². The van der Waals surface area contributed by atoms with E-state index in [9.17, 15) is 13.2 Å². The van der Waals surface area contributed by atoms with E-state index in [2.05, 4.69) is 15.4 Å². The van der Waals surface area contributed by atoms with Gasteiger partial charge in [-0.1, -0.05) is 27.7 Å². The highest BCUT2D eigenvalue weighted by Crippen LogP contribution is 2.34. The second-order valence-electron chi connectivity index (χ2n) is 7.62. The molecular formula is C19H27N5O5S. The summed E-state index contributed by atoms with van der Waals surface area (Å²) in [6, 6.07) is 0.851. The number of ether oxygens (including phenoxy) is 2. The fourth-order valence-corrected chi connectivity index (χ4v) is 4.20. The molecule has 3 rings (SSSR count). The summed E-state index contributed by atoms with van der Waals surface area (Å²) in [5.74, 6) is 0.589. The minimum absolute atomic E-state index is 0.0272. The molecule has 2 aromatic rings. The third-order valence-electron chi connectivity index (χ3n) is 4.70. The van der Waals surface area contributed by atoms with Gasteiger partial charge in [0.2, 0.25) is 11.8 Å². The van der Waals surface area contributed by atoms with Crippen molar-refractivity contribution in [2.75, 3.05) is 19.0 Å². The Morgan fingerprint density at radius 3 is 2.63 bits per heavy atom. The molecule has 2 amide bonds. The minimum atomic E-state index is -4.17. The lowest BCUT2D eigenvalue weighted by atomic mass is 9.97. The van der Waals surface area contributed by atoms with Crippen molar-refractivity contribution < 1.29 is 22.7 Å². The molecule has 30 heavy (non-hydrogen) atoms. The molecule has 0 aliphatic carbocycles. The maximum Gasteiger partial charge on any atom is 0.333 e. The maximum atomic E-state index is 12.8. The first-order valence-corrected chi connectivity index (χ1v) is 11.2. The third kappa shape index (κ3) is 4.35. The molecule has 164 valence electrons. The van der Waals surface area contributed by atoms with Crippen LogP contribution in [0.1, 0.15) is 57.2 Å². The van der Waals surface area contributed by atoms with Crippen LogP contribution in [0.25, 0.3) is 0 Å². The van der Waals surface area contributed by atoms with Gasteiger partial charge in [-0.3, -0.25) is 0 Å². The van der Waals surface area contributed by atoms with Crippen molar-refractivity contribution in [3.8, 4) is 11.8 Å². The van der Waals surface area contributed by atoms with E-state index in [0.29, 0.717) is 30.4 Å². The van der Waals surface area contributed by atoms with E-state index < -0.39 is 16.1 Å². The number of fused-ring (bicyclic) bond motifs is 1. The van der Waals surface area contributed by atoms with E-state index in [0.717, 1.165) is 12.0 Å². The fraction of sp³-hybridized carbons (Fsp3) is 0.526. The van der Waals surface area contributed by atoms with Crippen LogP contribution < -0.4 is 19.5 Å². The standard InChI is InChI=1S/C19H27N5O5S/c1-11(2)13-9-15(28-5)21-16(12(3)4)17(13)22-19(25)23-30(26,27)14-10-20-24-7-6-8-29-18(14)24/h9-12H,6-8H2,1-5H3,(H2,22,23,25). The van der Waals surface area contributed by atoms with Crippen molar-refractivity contribution in [1.29, 1.82) is 0 Å². The van der Waals surface area contributed by atoms with Gasteiger partial charge in [0, 0.05) is 19.0 Å². The molecule has 1 aliphatic rings. The highest BCUT2D eigenvalue weighted by atomic mass is 32.2. The number of carbonyl (C=O) groups is 1. The molecule has 0 saturated heterocycles. The molecule has 0 bridgehead atoms. The van der Waals surface area contributed by atoms with Gasteiger partial charge in [0.05, 0.1) is 31.3 Å². The summed E-state index contributed by atoms with van der Waals surface area (Å²) in [7, 11) is -2.65. The number of nitrogens with one attached hydrogen (secondary N) is 2. The predicted octanol–water partition coefficient (Wildman–Crippen LogP) is 2.83. The van der Waals surface area contributed by atoms with E-state index in [1.165, 1.54) is 18.0 Å². The van der Waals surface area contributed by atoms with Gasteiger partial charge in [0.25, 0.3) is 10.0 Å². The van der Waals surface area contributed by atoms with Crippen molar-refractivity contribution >= 4 is 21.7 Å². The summed E-state index contributed by atoms with van der Waals surface area (Å²) in [5.41, 5.74) is 1.88. The number of pyridine rings is 1. The average molecular weight is 438 g/mol. The zero-order valence-corrected chi connectivity index (χ0v) is 18.5. The van der Waals surface area contributed by atoms with Gasteiger partial charge in [0.15, 0.2) is 4.90 Å². The van der Waals surface area contributed by atoms with Crippen molar-refractivity contribution in [3.05, 3.63) is 23.5 Å². The Labute approximate surface area is 176 Å². The van der Waals surface area contributed by atoms with Crippen LogP contribution in [0.5, 0.6) is 11.8 Å². The summed E-state index contributed by atoms with van der Waals surface area (Å²) >= 11 is 0. The van der Waals surface area contributed by atoms with E-state index in [1.54, 1.807) is 6.07 Å². The first kappa shape index (κ1) is 21.9. The lowest BCUT2D eigenvalue weighted by Gasteiger charge is -2.21. The van der Waals surface area contributed by atoms with E-state index >= 15 is 0 Å². The third-order valence-corrected chi connectivity index (χ3v) is 6.01. The second-order valence-corrected chi connectivity index (χ2v) is 9.27. The molecule has 0 atom stereocenters. The van der Waals surface area contributed by atoms with Gasteiger partial charge in [-0.2, -0.15) is 5.10 Å². The zero-order valence-electron chi connectivity index (χ0n) is 17.7. The van der Waals surface area contributed by atoms with Crippen LogP contribution in [0.15, 0.2) is 17.2 Å². The summed E-state index contributed by atoms with van der Waals surface area (Å²) < 4.78 is 39.8. The van der Waals surface area contributed by atoms with Crippen LogP contribution in [0.2, 0.25) is 0 Å². The second kappa shape index (κ2) is 8.50. The van der Waals surface area contributed by atoms with Gasteiger partial charge in [-0.05, 0) is 17.4 Å². The van der Waals surface area contributed by atoms with Crippen LogP contribution >= 0.6 is 0 Å². The molecule has 0 unspecified atom stereocenters. The summed E-state index contributed by atoms with van der Waals surface area (Å²) in [6.45, 7) is 8.76. The summed E-state index contributed by atoms with van der Waals surface area (Å²) in [6.07, 6.45) is 1.92. The summed E-state index contributed by atoms with van der Waals surface area (Å²) in [4.78, 5) is 16.9. The Morgan fingerprint density at radius 2 is 2.00 bits per heavy atom. The molecule has 0 fully saturated rings. The van der Waals surface area contributed by atoms with Crippen LogP contribution in [-0.2, 0) is 16.6 Å². The number of aromatic nitrogens is 3. The number of anilines is 1. The van der Waals surface area contributed by atoms with Crippen LogP contribution in [0, 0.1) is 0 Å². The highest BCUT2D eigenvalue weighted by Gasteiger charge is 2.29. The van der Waals surface area contributed by atoms with E-state index in [4.69, 9.17) is 9.47 Å². The van der Waals surface area contributed by atoms with Gasteiger partial charge in [-0.15, -0.1) is 0 Å². The zero-order chi connectivity index (χ0) is 22.1. The van der Waals surface area contributed by atoms with Crippen LogP contribution in [-0.4, -0.2) is 42.9 Å². The molecule has 3 heterocycles. The molecule has 10 nitrogen and oxygen atoms in total. The monoisotopic (exact) mass is 437 g/mol. The van der Waals surface area contributed by atoms with Crippen molar-refractivity contribution in [2.45, 2.75) is 57.4 Å². The molecule has 2 aromatic heterocycles. The van der Waals surface area contributed by atoms with E-state index in [1.807, 2.05) is 32.4 Å². The summed E-state index contributed by atoms with van der Waals surface area (Å²) in [5, 5.41) is 6.70. The molecular weight excluding hydrogens is 410 g/mol. The highest BCUT2D eigenvalue weighted by molar-refractivity contribution is 7.90. The largest absolute Gasteiger partial charge is 0.481 e. The van der Waals surface area contributed by atoms with E-state index in [-0.39, 0.29) is 22.6 Å². The first-order chi connectivity index (χ1) is 14.1. The lowest BCUT2D eigenvalue weighted by Crippen LogP contribution is -2.35. The Hall–Kier alpha value is -2.82. The molecule has 1 aliphatic heterocycles. The minimum Gasteiger partial charge on any atom is -0.481 e. The smallest absolute Gasteiger partial charge is 0.333 e. The molecule has 11 heteroatoms. The predicted molar refractivity (Wildman–Crippen MR) is 111 cm³/mol. The normalized spacial score (nSPS) is 13.7. The van der Waals surface area contributed by atoms with Crippen molar-refractivity contribution in [3.63, 3.8) is 0 Å². The first-order valence-electron chi connectivity index (χ1n) is 9.75. The number of amides is 2. The number of sulfonamides is 1. The van der Waals surface area contributed by atoms with Crippen LogP contribution in [0.4, 0.5) is 10.5 Å². The quantitative estimate of drug-likeness (QED) is 0.712. The molecule has 0 saturated carbocycles. The SMILES string of the molecule is COc1cc(C(C)C)c(NC(=O)NS(=O)(=O)c2cnn3c2OCCC3)c(C(C)C)n1. The average Bonchev–Trinajstić information content (AvgIpc) is 3.12. The van der Waals surface area contributed by atoms with Crippen molar-refractivity contribution in [2.24, 2.45) is 0 Å². The number of hydrogen-bond donors (Lipinski definition) is 2. The number of urea groups is 1. The fourth-order valence-electron chi connectivity index (χ4n) is 3.22. The Balaban J connectivity index is 1.90. The molecule has 2 N–H and O–H groups in total. The van der Waals surface area contributed by atoms with Gasteiger partial charge in [-0.25, -0.2) is 27.6 Å². The molecule has 0 aromatic carbocycles. The lowest BCUT2D eigenvalue weighted by molar-refractivity contribution is 0.224. The Kier molecular flexibility index (Phi) is 6.20. The number of methoxy groups -OCH3 is 1. The van der Waals surface area contributed by atoms with Crippen LogP contribution in [0.3, 0.4) is 0 Å². The number of carbonyl (C=O) groups excluding carboxylic acids is 1.